The molecule has 38 heavy (non-hydrogen) atoms. The smallest absolute Gasteiger partial charge is 0.328 e. The molecule has 3 N–H and O–H groups in total. The van der Waals surface area contributed by atoms with E-state index in [2.05, 4.69) is 4.90 Å². The first-order valence-electron chi connectivity index (χ1n) is 13.3. The zero-order chi connectivity index (χ0) is 27.2. The van der Waals surface area contributed by atoms with Crippen LogP contribution in [-0.2, 0) is 15.8 Å². The lowest BCUT2D eigenvalue weighted by Gasteiger charge is -2.42. The molecule has 1 fully saturated rings. The molecule has 1 saturated heterocycles. The number of hydrogen-bond acceptors (Lipinski definition) is 5. The molecule has 4 rings (SSSR count). The maximum atomic E-state index is 12.1. The van der Waals surface area contributed by atoms with E-state index in [-0.39, 0.29) is 5.92 Å². The highest BCUT2D eigenvalue weighted by Crippen LogP contribution is 2.42. The van der Waals surface area contributed by atoms with Crippen LogP contribution in [0, 0.1) is 17.2 Å². The number of benzene rings is 3. The topological polar surface area (TPSA) is 105 Å². The molecule has 1 aliphatic heterocycles. The number of rotatable bonds is 10. The fourth-order valence-electron chi connectivity index (χ4n) is 5.55. The summed E-state index contributed by atoms with van der Waals surface area (Å²) in [5.41, 5.74) is 0.336. The fraction of sp³-hybridized carbons (Fsp3) is 0.375. The Kier molecular flexibility index (Phi) is 8.63. The van der Waals surface area contributed by atoms with Gasteiger partial charge in [-0.25, -0.2) is 0 Å². The number of likely N-dealkylation sites (tertiary alicyclic amines) is 1. The molecule has 3 aromatic rings. The van der Waals surface area contributed by atoms with Gasteiger partial charge in [-0.3, -0.25) is 4.79 Å². The Morgan fingerprint density at radius 1 is 0.947 bits per heavy atom. The average Bonchev–Trinajstić information content (AvgIpc) is 2.97. The zero-order valence-corrected chi connectivity index (χ0v) is 21.8. The van der Waals surface area contributed by atoms with E-state index in [1.54, 1.807) is 24.3 Å². The van der Waals surface area contributed by atoms with Gasteiger partial charge in [0.15, 0.2) is 5.41 Å². The molecule has 6 heteroatoms. The Morgan fingerprint density at radius 2 is 1.47 bits per heavy atom. The summed E-state index contributed by atoms with van der Waals surface area (Å²) in [4.78, 5) is 13.9. The summed E-state index contributed by atoms with van der Waals surface area (Å²) < 4.78 is 0. The summed E-state index contributed by atoms with van der Waals surface area (Å²) >= 11 is 0. The number of carboxylic acid groups (broad SMARTS) is 1. The molecule has 1 heterocycles. The van der Waals surface area contributed by atoms with Crippen molar-refractivity contribution in [2.24, 2.45) is 5.92 Å². The van der Waals surface area contributed by atoms with Crippen LogP contribution in [0.1, 0.15) is 61.0 Å². The fourth-order valence-corrected chi connectivity index (χ4v) is 5.55. The highest BCUT2D eigenvalue weighted by atomic mass is 16.4. The van der Waals surface area contributed by atoms with Gasteiger partial charge in [0.2, 0.25) is 0 Å². The van der Waals surface area contributed by atoms with Crippen molar-refractivity contribution >= 4 is 5.97 Å². The Labute approximate surface area is 224 Å². The van der Waals surface area contributed by atoms with Crippen LogP contribution in [0.25, 0.3) is 0 Å². The molecular formula is C32H36N2O4. The lowest BCUT2D eigenvalue weighted by molar-refractivity contribution is -0.141. The predicted molar refractivity (Wildman–Crippen MR) is 146 cm³/mol. The van der Waals surface area contributed by atoms with Gasteiger partial charge in [-0.2, -0.15) is 5.26 Å². The monoisotopic (exact) mass is 512 g/mol. The van der Waals surface area contributed by atoms with Crippen LogP contribution < -0.4 is 0 Å². The van der Waals surface area contributed by atoms with Crippen LogP contribution in [0.2, 0.25) is 0 Å². The van der Waals surface area contributed by atoms with Crippen LogP contribution in [0.3, 0.4) is 0 Å². The Balaban J connectivity index is 1.32. The van der Waals surface area contributed by atoms with Gasteiger partial charge in [-0.1, -0.05) is 84.9 Å². The van der Waals surface area contributed by atoms with Crippen molar-refractivity contribution in [1.29, 1.82) is 5.26 Å². The molecule has 3 aromatic carbocycles. The molecule has 0 saturated carbocycles. The number of aliphatic hydroxyl groups is 2. The molecule has 0 bridgehead atoms. The first-order valence-corrected chi connectivity index (χ1v) is 13.3. The zero-order valence-electron chi connectivity index (χ0n) is 21.8. The Morgan fingerprint density at radius 3 is 1.95 bits per heavy atom. The third-order valence-corrected chi connectivity index (χ3v) is 8.08. The van der Waals surface area contributed by atoms with Gasteiger partial charge in [0.1, 0.15) is 5.60 Å². The van der Waals surface area contributed by atoms with E-state index in [9.17, 15) is 25.4 Å². The minimum atomic E-state index is -1.61. The summed E-state index contributed by atoms with van der Waals surface area (Å²) in [6, 6.07) is 28.4. The normalized spacial score (nSPS) is 17.3. The number of carbonyl (C=O) groups is 1. The number of aliphatic hydroxyl groups excluding tert-OH is 1. The lowest BCUT2D eigenvalue weighted by atomic mass is 9.72. The minimum Gasteiger partial charge on any atom is -0.480 e. The van der Waals surface area contributed by atoms with E-state index in [0.29, 0.717) is 17.5 Å². The molecule has 0 radical (unpaired) electrons. The third-order valence-electron chi connectivity index (χ3n) is 8.08. The molecule has 198 valence electrons. The van der Waals surface area contributed by atoms with E-state index >= 15 is 0 Å². The van der Waals surface area contributed by atoms with Crippen LogP contribution in [-0.4, -0.2) is 45.8 Å². The molecular weight excluding hydrogens is 476 g/mol. The van der Waals surface area contributed by atoms with Gasteiger partial charge >= 0.3 is 5.97 Å². The molecule has 0 aromatic heterocycles. The number of aliphatic carboxylic acids is 1. The molecule has 2 atom stereocenters. The van der Waals surface area contributed by atoms with Crippen molar-refractivity contribution < 1.29 is 20.1 Å². The van der Waals surface area contributed by atoms with Crippen molar-refractivity contribution in [3.8, 4) is 6.07 Å². The van der Waals surface area contributed by atoms with Gasteiger partial charge < -0.3 is 20.2 Å². The van der Waals surface area contributed by atoms with Gasteiger partial charge in [0.25, 0.3) is 0 Å². The summed E-state index contributed by atoms with van der Waals surface area (Å²) in [6.07, 6.45) is 2.52. The largest absolute Gasteiger partial charge is 0.480 e. The van der Waals surface area contributed by atoms with E-state index in [4.69, 9.17) is 0 Å². The van der Waals surface area contributed by atoms with Crippen molar-refractivity contribution in [3.63, 3.8) is 0 Å². The first kappa shape index (κ1) is 27.5. The summed E-state index contributed by atoms with van der Waals surface area (Å²) in [7, 11) is 0. The van der Waals surface area contributed by atoms with Crippen molar-refractivity contribution in [2.75, 3.05) is 19.6 Å². The van der Waals surface area contributed by atoms with E-state index < -0.39 is 23.1 Å². The van der Waals surface area contributed by atoms with Crippen molar-refractivity contribution in [3.05, 3.63) is 107 Å². The van der Waals surface area contributed by atoms with E-state index in [0.717, 1.165) is 50.0 Å². The summed E-state index contributed by atoms with van der Waals surface area (Å²) in [5.74, 6) is -1.08. The van der Waals surface area contributed by atoms with Crippen LogP contribution in [0.5, 0.6) is 0 Å². The van der Waals surface area contributed by atoms with Crippen LogP contribution in [0.4, 0.5) is 0 Å². The second kappa shape index (κ2) is 11.9. The van der Waals surface area contributed by atoms with Gasteiger partial charge in [0, 0.05) is 0 Å². The first-order chi connectivity index (χ1) is 18.3. The van der Waals surface area contributed by atoms with Gasteiger partial charge in [-0.05, 0) is 80.4 Å². The molecule has 0 spiro atoms. The number of carboxylic acids is 1. The van der Waals surface area contributed by atoms with Gasteiger partial charge in [-0.15, -0.1) is 0 Å². The van der Waals surface area contributed by atoms with Crippen LogP contribution in [0.15, 0.2) is 84.9 Å². The average molecular weight is 513 g/mol. The SMILES string of the molecule is CC(C#N)(C(=O)O)c1ccc(C(O)CCCN2CCC(C(O)(c3ccccc3)c3ccccc3)CC2)cc1. The summed E-state index contributed by atoms with van der Waals surface area (Å²) in [6.45, 7) is 4.02. The van der Waals surface area contributed by atoms with E-state index in [1.165, 1.54) is 6.92 Å². The highest BCUT2D eigenvalue weighted by molar-refractivity contribution is 5.84. The summed E-state index contributed by atoms with van der Waals surface area (Å²) in [5, 5.41) is 41.4. The second-order valence-corrected chi connectivity index (χ2v) is 10.4. The van der Waals surface area contributed by atoms with Crippen molar-refractivity contribution in [1.82, 2.24) is 4.90 Å². The van der Waals surface area contributed by atoms with Crippen LogP contribution >= 0.6 is 0 Å². The Bertz CT molecular complexity index is 1190. The molecule has 6 nitrogen and oxygen atoms in total. The Hall–Kier alpha value is -3.50. The highest BCUT2D eigenvalue weighted by Gasteiger charge is 2.41. The number of hydrogen-bond donors (Lipinski definition) is 3. The molecule has 2 unspecified atom stereocenters. The quantitative estimate of drug-likeness (QED) is 0.353. The molecule has 0 amide bonds. The number of nitriles is 1. The standard InChI is InChI=1S/C32H36N2O4/c1-31(23-33,30(36)37)25-16-14-24(15-17-25)29(35)13-8-20-34-21-18-28(19-22-34)32(38,26-9-4-2-5-10-26)27-11-6-3-7-12-27/h2-7,9-12,14-17,28-29,35,38H,8,13,18-22H2,1H3,(H,36,37). The number of piperidine rings is 1. The maximum absolute atomic E-state index is 12.1. The maximum Gasteiger partial charge on any atom is 0.328 e. The number of nitrogens with zero attached hydrogens (tertiary/aromatic N) is 2. The molecule has 1 aliphatic rings. The predicted octanol–water partition coefficient (Wildman–Crippen LogP) is 5.01. The minimum absolute atomic E-state index is 0.109. The molecule has 0 aliphatic carbocycles. The van der Waals surface area contributed by atoms with E-state index in [1.807, 2.05) is 66.7 Å². The van der Waals surface area contributed by atoms with Gasteiger partial charge in [0.05, 0.1) is 12.2 Å². The lowest BCUT2D eigenvalue weighted by Crippen LogP contribution is -2.44. The second-order valence-electron chi connectivity index (χ2n) is 10.4. The third kappa shape index (κ3) is 5.66. The van der Waals surface area contributed by atoms with Crippen molar-refractivity contribution in [2.45, 2.75) is 49.7 Å².